The van der Waals surface area contributed by atoms with Gasteiger partial charge in [-0.15, -0.1) is 0 Å². The lowest BCUT2D eigenvalue weighted by Gasteiger charge is -2.23. The number of rotatable bonds is 8. The molecule has 1 aromatic carbocycles. The molecule has 0 bridgehead atoms. The van der Waals surface area contributed by atoms with Crippen molar-refractivity contribution in [2.45, 2.75) is 26.7 Å². The van der Waals surface area contributed by atoms with Crippen molar-refractivity contribution in [2.75, 3.05) is 19.8 Å². The van der Waals surface area contributed by atoms with E-state index in [9.17, 15) is 4.79 Å². The second-order valence-corrected chi connectivity index (χ2v) is 6.49. The topological polar surface area (TPSA) is 58.6 Å². The van der Waals surface area contributed by atoms with Crippen molar-refractivity contribution in [1.29, 1.82) is 0 Å². The molecule has 0 heterocycles. The van der Waals surface area contributed by atoms with Crippen molar-refractivity contribution in [3.05, 3.63) is 28.2 Å². The van der Waals surface area contributed by atoms with Crippen molar-refractivity contribution in [3.63, 3.8) is 0 Å². The van der Waals surface area contributed by atoms with Gasteiger partial charge in [0.1, 0.15) is 5.75 Å². The lowest BCUT2D eigenvalue weighted by atomic mass is 9.90. The predicted octanol–water partition coefficient (Wildman–Crippen LogP) is 3.29. The van der Waals surface area contributed by atoms with Crippen LogP contribution in [0.4, 0.5) is 0 Å². The third-order valence-corrected chi connectivity index (χ3v) is 3.42. The van der Waals surface area contributed by atoms with E-state index in [-0.39, 0.29) is 31.0 Å². The van der Waals surface area contributed by atoms with Gasteiger partial charge in [0.25, 0.3) is 0 Å². The van der Waals surface area contributed by atoms with Gasteiger partial charge in [-0.1, -0.05) is 37.0 Å². The number of hydrogen-bond donors (Lipinski definition) is 2. The maximum absolute atomic E-state index is 11.7. The third-order valence-electron chi connectivity index (χ3n) is 2.99. The highest BCUT2D eigenvalue weighted by Gasteiger charge is 2.17. The number of ether oxygens (including phenoxy) is 1. The fourth-order valence-corrected chi connectivity index (χ4v) is 2.20. The molecule has 2 N–H and O–H groups in total. The SMILES string of the molecule is CC(C)(CCO)CNC(=O)CCOc1cc(Cl)cc(Cl)c1. The van der Waals surface area contributed by atoms with Crippen LogP contribution in [-0.2, 0) is 4.79 Å². The summed E-state index contributed by atoms with van der Waals surface area (Å²) in [5.41, 5.74) is -0.119. The molecule has 0 aliphatic heterocycles. The summed E-state index contributed by atoms with van der Waals surface area (Å²) in [5, 5.41) is 12.7. The minimum absolute atomic E-state index is 0.0888. The van der Waals surface area contributed by atoms with Crippen LogP contribution < -0.4 is 10.1 Å². The number of carbonyl (C=O) groups is 1. The minimum Gasteiger partial charge on any atom is -0.493 e. The minimum atomic E-state index is -0.119. The summed E-state index contributed by atoms with van der Waals surface area (Å²) in [5.74, 6) is 0.454. The first-order valence-corrected chi connectivity index (χ1v) is 7.54. The standard InChI is InChI=1S/C15H21Cl2NO3/c1-15(2,4-5-19)10-18-14(20)3-6-21-13-8-11(16)7-12(17)9-13/h7-9,19H,3-6,10H2,1-2H3,(H,18,20). The van der Waals surface area contributed by atoms with E-state index in [0.29, 0.717) is 28.8 Å². The first-order valence-electron chi connectivity index (χ1n) is 6.79. The van der Waals surface area contributed by atoms with Gasteiger partial charge >= 0.3 is 0 Å². The van der Waals surface area contributed by atoms with Crippen molar-refractivity contribution in [2.24, 2.45) is 5.41 Å². The van der Waals surface area contributed by atoms with Crippen LogP contribution in [-0.4, -0.2) is 30.8 Å². The Labute approximate surface area is 135 Å². The van der Waals surface area contributed by atoms with Crippen molar-refractivity contribution in [1.82, 2.24) is 5.32 Å². The smallest absolute Gasteiger partial charge is 0.223 e. The van der Waals surface area contributed by atoms with Gasteiger partial charge in [-0.05, 0) is 30.0 Å². The van der Waals surface area contributed by atoms with Crippen LogP contribution in [0.3, 0.4) is 0 Å². The monoisotopic (exact) mass is 333 g/mol. The zero-order valence-corrected chi connectivity index (χ0v) is 13.8. The van der Waals surface area contributed by atoms with Crippen LogP contribution in [0.25, 0.3) is 0 Å². The molecular weight excluding hydrogens is 313 g/mol. The molecule has 0 unspecified atom stereocenters. The molecule has 0 radical (unpaired) electrons. The maximum Gasteiger partial charge on any atom is 0.223 e. The molecule has 0 saturated heterocycles. The zero-order chi connectivity index (χ0) is 15.9. The number of benzene rings is 1. The normalized spacial score (nSPS) is 11.3. The molecule has 0 aromatic heterocycles. The number of nitrogens with one attached hydrogen (secondary N) is 1. The molecule has 0 saturated carbocycles. The Morgan fingerprint density at radius 1 is 1.29 bits per heavy atom. The van der Waals surface area contributed by atoms with Gasteiger partial charge in [0.2, 0.25) is 5.91 Å². The quantitative estimate of drug-likeness (QED) is 0.767. The largest absolute Gasteiger partial charge is 0.493 e. The highest BCUT2D eigenvalue weighted by molar-refractivity contribution is 6.34. The predicted molar refractivity (Wildman–Crippen MR) is 85.1 cm³/mol. The maximum atomic E-state index is 11.7. The molecule has 0 atom stereocenters. The number of aliphatic hydroxyl groups is 1. The van der Waals surface area contributed by atoms with E-state index >= 15 is 0 Å². The summed E-state index contributed by atoms with van der Waals surface area (Å²) in [6.07, 6.45) is 0.893. The van der Waals surface area contributed by atoms with Crippen molar-refractivity contribution < 1.29 is 14.6 Å². The molecular formula is C15H21Cl2NO3. The Morgan fingerprint density at radius 3 is 2.48 bits per heavy atom. The van der Waals surface area contributed by atoms with Crippen LogP contribution in [0.2, 0.25) is 10.0 Å². The van der Waals surface area contributed by atoms with Crippen molar-refractivity contribution >= 4 is 29.1 Å². The second kappa shape index (κ2) is 8.47. The highest BCUT2D eigenvalue weighted by atomic mass is 35.5. The van der Waals surface area contributed by atoms with Gasteiger partial charge in [0, 0.05) is 23.2 Å². The number of hydrogen-bond acceptors (Lipinski definition) is 3. The lowest BCUT2D eigenvalue weighted by Crippen LogP contribution is -2.35. The number of amides is 1. The Balaban J connectivity index is 2.30. The molecule has 4 nitrogen and oxygen atoms in total. The second-order valence-electron chi connectivity index (χ2n) is 5.62. The molecule has 21 heavy (non-hydrogen) atoms. The molecule has 1 amide bonds. The first-order chi connectivity index (χ1) is 9.82. The average molecular weight is 334 g/mol. The van der Waals surface area contributed by atoms with Crippen molar-refractivity contribution in [3.8, 4) is 5.75 Å². The molecule has 1 aromatic rings. The molecule has 1 rings (SSSR count). The molecule has 118 valence electrons. The Bertz CT molecular complexity index is 458. The molecule has 0 spiro atoms. The van der Waals surface area contributed by atoms with Gasteiger partial charge in [0.05, 0.1) is 13.0 Å². The summed E-state index contributed by atoms with van der Waals surface area (Å²) in [6, 6.07) is 4.91. The molecule has 6 heteroatoms. The number of aliphatic hydroxyl groups excluding tert-OH is 1. The van der Waals surface area contributed by atoms with Crippen LogP contribution in [0.5, 0.6) is 5.75 Å². The average Bonchev–Trinajstić information content (AvgIpc) is 2.35. The lowest BCUT2D eigenvalue weighted by molar-refractivity contribution is -0.122. The van der Waals surface area contributed by atoms with E-state index in [2.05, 4.69) is 5.32 Å². The summed E-state index contributed by atoms with van der Waals surface area (Å²) < 4.78 is 5.45. The van der Waals surface area contributed by atoms with E-state index in [0.717, 1.165) is 0 Å². The van der Waals surface area contributed by atoms with Gasteiger partial charge < -0.3 is 15.2 Å². The summed E-state index contributed by atoms with van der Waals surface area (Å²) in [7, 11) is 0. The van der Waals surface area contributed by atoms with E-state index in [1.807, 2.05) is 13.8 Å². The summed E-state index contributed by atoms with van der Waals surface area (Å²) in [6.45, 7) is 4.88. The molecule has 0 aliphatic rings. The van der Waals surface area contributed by atoms with Crippen LogP contribution >= 0.6 is 23.2 Å². The van der Waals surface area contributed by atoms with E-state index in [4.69, 9.17) is 33.0 Å². The van der Waals surface area contributed by atoms with Crippen LogP contribution in [0.15, 0.2) is 18.2 Å². The number of halogens is 2. The van der Waals surface area contributed by atoms with Gasteiger partial charge in [-0.3, -0.25) is 4.79 Å². The Hall–Kier alpha value is -0.970. The van der Waals surface area contributed by atoms with E-state index in [1.165, 1.54) is 0 Å². The zero-order valence-electron chi connectivity index (χ0n) is 12.3. The van der Waals surface area contributed by atoms with Gasteiger partial charge in [0.15, 0.2) is 0 Å². The van der Waals surface area contributed by atoms with Crippen LogP contribution in [0.1, 0.15) is 26.7 Å². The van der Waals surface area contributed by atoms with E-state index in [1.54, 1.807) is 18.2 Å². The third kappa shape index (κ3) is 7.55. The molecule has 0 fully saturated rings. The fourth-order valence-electron chi connectivity index (χ4n) is 1.69. The van der Waals surface area contributed by atoms with Gasteiger partial charge in [-0.2, -0.15) is 0 Å². The van der Waals surface area contributed by atoms with E-state index < -0.39 is 0 Å². The summed E-state index contributed by atoms with van der Waals surface area (Å²) in [4.78, 5) is 11.7. The molecule has 0 aliphatic carbocycles. The first kappa shape index (κ1) is 18.1. The fraction of sp³-hybridized carbons (Fsp3) is 0.533. The Morgan fingerprint density at radius 2 is 1.90 bits per heavy atom. The van der Waals surface area contributed by atoms with Crippen LogP contribution in [0, 0.1) is 5.41 Å². The van der Waals surface area contributed by atoms with Gasteiger partial charge in [-0.25, -0.2) is 0 Å². The number of carbonyl (C=O) groups excluding carboxylic acids is 1. The highest BCUT2D eigenvalue weighted by Crippen LogP contribution is 2.24. The Kier molecular flexibility index (Phi) is 7.29. The summed E-state index contributed by atoms with van der Waals surface area (Å²) >= 11 is 11.7.